The zero-order valence-corrected chi connectivity index (χ0v) is 22.6. The maximum Gasteiger partial charge on any atom is 0.270 e. The Morgan fingerprint density at radius 3 is 2.44 bits per heavy atom. The number of aryl methyl sites for hydroxylation is 1. The molecule has 11 nitrogen and oxygen atoms in total. The first-order valence-corrected chi connectivity index (χ1v) is 13.7. The summed E-state index contributed by atoms with van der Waals surface area (Å²) in [6.45, 7) is 3.49. The van der Waals surface area contributed by atoms with Gasteiger partial charge in [-0.25, -0.2) is 13.8 Å². The van der Waals surface area contributed by atoms with Gasteiger partial charge in [-0.2, -0.15) is 5.10 Å². The maximum absolute atomic E-state index is 13.5. The SMILES string of the molecule is Cc1ccc(S(=O)(=O)N(CC(=O)N/N=C\c2cc([N+](=O)[O-])ccc2N2CCOCC2)c2ccc(Cl)cc2)cc1. The number of benzene rings is 3. The number of carbonyl (C=O) groups is 1. The normalized spacial score (nSPS) is 13.8. The fourth-order valence-electron chi connectivity index (χ4n) is 3.95. The van der Waals surface area contributed by atoms with Crippen molar-refractivity contribution < 1.29 is 22.9 Å². The van der Waals surface area contributed by atoms with Gasteiger partial charge in [-0.05, 0) is 49.4 Å². The van der Waals surface area contributed by atoms with Crippen LogP contribution >= 0.6 is 11.6 Å². The summed E-state index contributed by atoms with van der Waals surface area (Å²) in [7, 11) is -4.11. The molecular weight excluding hydrogens is 546 g/mol. The molecule has 0 aromatic heterocycles. The molecule has 204 valence electrons. The van der Waals surface area contributed by atoms with E-state index in [2.05, 4.69) is 10.5 Å². The average Bonchev–Trinajstić information content (AvgIpc) is 2.93. The number of hydrazone groups is 1. The molecular formula is C26H26ClN5O6S. The smallest absolute Gasteiger partial charge is 0.270 e. The molecule has 1 fully saturated rings. The molecule has 1 heterocycles. The molecule has 1 aliphatic rings. The van der Waals surface area contributed by atoms with Crippen molar-refractivity contribution in [3.05, 3.63) is 93.0 Å². The van der Waals surface area contributed by atoms with Crippen LogP contribution in [-0.2, 0) is 19.6 Å². The largest absolute Gasteiger partial charge is 0.378 e. The van der Waals surface area contributed by atoms with Crippen LogP contribution in [0.25, 0.3) is 0 Å². The van der Waals surface area contributed by atoms with E-state index in [1.165, 1.54) is 54.7 Å². The molecule has 0 atom stereocenters. The van der Waals surface area contributed by atoms with Crippen LogP contribution in [0.4, 0.5) is 17.1 Å². The van der Waals surface area contributed by atoms with Gasteiger partial charge in [-0.3, -0.25) is 19.2 Å². The number of hydrogen-bond donors (Lipinski definition) is 1. The molecule has 1 N–H and O–H groups in total. The number of nitrogens with one attached hydrogen (secondary N) is 1. The Bertz CT molecular complexity index is 1470. The minimum atomic E-state index is -4.11. The average molecular weight is 572 g/mol. The van der Waals surface area contributed by atoms with Crippen LogP contribution in [0.2, 0.25) is 5.02 Å². The number of rotatable bonds is 9. The quantitative estimate of drug-likeness (QED) is 0.235. The first kappa shape index (κ1) is 28.0. The highest BCUT2D eigenvalue weighted by atomic mass is 35.5. The number of anilines is 2. The first-order chi connectivity index (χ1) is 18.6. The number of amides is 1. The lowest BCUT2D eigenvalue weighted by atomic mass is 10.1. The number of nitro benzene ring substituents is 1. The van der Waals surface area contributed by atoms with Crippen LogP contribution < -0.4 is 14.6 Å². The van der Waals surface area contributed by atoms with Gasteiger partial charge < -0.3 is 9.64 Å². The van der Waals surface area contributed by atoms with Gasteiger partial charge in [0, 0.05) is 41.5 Å². The van der Waals surface area contributed by atoms with Crippen molar-refractivity contribution in [2.75, 3.05) is 42.1 Å². The molecule has 39 heavy (non-hydrogen) atoms. The third-order valence-electron chi connectivity index (χ3n) is 5.98. The molecule has 13 heteroatoms. The van der Waals surface area contributed by atoms with Gasteiger partial charge in [0.25, 0.3) is 21.6 Å². The highest BCUT2D eigenvalue weighted by molar-refractivity contribution is 7.92. The fraction of sp³-hybridized carbons (Fsp3) is 0.231. The maximum atomic E-state index is 13.5. The Balaban J connectivity index is 1.57. The van der Waals surface area contributed by atoms with E-state index in [4.69, 9.17) is 16.3 Å². The van der Waals surface area contributed by atoms with Crippen molar-refractivity contribution >= 4 is 50.8 Å². The van der Waals surface area contributed by atoms with Crippen LogP contribution in [0, 0.1) is 17.0 Å². The van der Waals surface area contributed by atoms with Gasteiger partial charge in [0.1, 0.15) is 6.54 Å². The van der Waals surface area contributed by atoms with E-state index in [1.54, 1.807) is 18.2 Å². The van der Waals surface area contributed by atoms with Crippen molar-refractivity contribution in [3.8, 4) is 0 Å². The van der Waals surface area contributed by atoms with Gasteiger partial charge >= 0.3 is 0 Å². The molecule has 1 amide bonds. The van der Waals surface area contributed by atoms with Crippen molar-refractivity contribution in [1.82, 2.24) is 5.43 Å². The zero-order valence-electron chi connectivity index (χ0n) is 21.0. The topological polar surface area (TPSA) is 134 Å². The monoisotopic (exact) mass is 571 g/mol. The predicted octanol–water partition coefficient (Wildman–Crippen LogP) is 3.74. The van der Waals surface area contributed by atoms with Crippen LogP contribution in [0.1, 0.15) is 11.1 Å². The number of nitro groups is 1. The Kier molecular flexibility index (Phi) is 8.79. The number of non-ortho nitro benzene ring substituents is 1. The van der Waals surface area contributed by atoms with Crippen molar-refractivity contribution in [2.24, 2.45) is 5.10 Å². The van der Waals surface area contributed by atoms with Gasteiger partial charge in [0.05, 0.1) is 34.9 Å². The lowest BCUT2D eigenvalue weighted by molar-refractivity contribution is -0.384. The Hall–Kier alpha value is -4.00. The molecule has 0 unspecified atom stereocenters. The molecule has 4 rings (SSSR count). The van der Waals surface area contributed by atoms with E-state index in [-0.39, 0.29) is 16.3 Å². The highest BCUT2D eigenvalue weighted by Gasteiger charge is 2.27. The van der Waals surface area contributed by atoms with Crippen molar-refractivity contribution in [1.29, 1.82) is 0 Å². The van der Waals surface area contributed by atoms with Gasteiger partial charge in [-0.15, -0.1) is 0 Å². The molecule has 0 saturated carbocycles. The third-order valence-corrected chi connectivity index (χ3v) is 8.02. The van der Waals surface area contributed by atoms with Gasteiger partial charge in [0.15, 0.2) is 0 Å². The Labute approximate surface area is 230 Å². The summed E-state index contributed by atoms with van der Waals surface area (Å²) in [6.07, 6.45) is 1.30. The summed E-state index contributed by atoms with van der Waals surface area (Å²) in [5.74, 6) is -0.713. The molecule has 0 bridgehead atoms. The lowest BCUT2D eigenvalue weighted by Gasteiger charge is -2.29. The highest BCUT2D eigenvalue weighted by Crippen LogP contribution is 2.26. The second kappa shape index (κ2) is 12.2. The number of sulfonamides is 1. The number of halogens is 1. The Morgan fingerprint density at radius 2 is 1.79 bits per heavy atom. The molecule has 0 spiro atoms. The van der Waals surface area contributed by atoms with Crippen molar-refractivity contribution in [3.63, 3.8) is 0 Å². The number of ether oxygens (including phenoxy) is 1. The predicted molar refractivity (Wildman–Crippen MR) is 149 cm³/mol. The molecule has 0 aliphatic carbocycles. The minimum Gasteiger partial charge on any atom is -0.378 e. The van der Waals surface area contributed by atoms with Crippen LogP contribution in [0.3, 0.4) is 0 Å². The summed E-state index contributed by atoms with van der Waals surface area (Å²) in [6, 6.07) is 16.7. The van der Waals surface area contributed by atoms with E-state index < -0.39 is 27.4 Å². The number of hydrogen-bond acceptors (Lipinski definition) is 8. The van der Waals surface area contributed by atoms with Crippen LogP contribution in [0.5, 0.6) is 0 Å². The summed E-state index contributed by atoms with van der Waals surface area (Å²) in [4.78, 5) is 25.7. The van der Waals surface area contributed by atoms with E-state index in [1.807, 2.05) is 11.8 Å². The van der Waals surface area contributed by atoms with Crippen LogP contribution in [-0.4, -0.2) is 58.3 Å². The van der Waals surface area contributed by atoms with E-state index in [9.17, 15) is 23.3 Å². The molecule has 1 aliphatic heterocycles. The second-order valence-electron chi connectivity index (χ2n) is 8.69. The minimum absolute atomic E-state index is 0.0195. The summed E-state index contributed by atoms with van der Waals surface area (Å²) in [5.41, 5.74) is 4.47. The summed E-state index contributed by atoms with van der Waals surface area (Å²) in [5, 5.41) is 15.7. The Morgan fingerprint density at radius 1 is 1.13 bits per heavy atom. The van der Waals surface area contributed by atoms with E-state index in [0.29, 0.717) is 42.6 Å². The molecule has 0 radical (unpaired) electrons. The molecule has 3 aromatic rings. The van der Waals surface area contributed by atoms with E-state index in [0.717, 1.165) is 9.87 Å². The summed E-state index contributed by atoms with van der Waals surface area (Å²) < 4.78 is 33.3. The zero-order chi connectivity index (χ0) is 28.0. The number of carbonyl (C=O) groups excluding carboxylic acids is 1. The van der Waals surface area contributed by atoms with Crippen molar-refractivity contribution in [2.45, 2.75) is 11.8 Å². The standard InChI is InChI=1S/C26H26ClN5O6S/c1-19-2-9-24(10-3-19)39(36,37)31(22-6-4-21(27)5-7-22)18-26(33)29-28-17-20-16-23(32(34)35)8-11-25(20)30-12-14-38-15-13-30/h2-11,16-17H,12-15,18H2,1H3,(H,29,33)/b28-17-. The van der Waals surface area contributed by atoms with Crippen LogP contribution in [0.15, 0.2) is 76.7 Å². The first-order valence-electron chi connectivity index (χ1n) is 11.9. The van der Waals surface area contributed by atoms with Gasteiger partial charge in [0.2, 0.25) is 0 Å². The lowest BCUT2D eigenvalue weighted by Crippen LogP contribution is -2.39. The molecule has 1 saturated heterocycles. The number of morpholine rings is 1. The molecule has 3 aromatic carbocycles. The van der Waals surface area contributed by atoms with E-state index >= 15 is 0 Å². The fourth-order valence-corrected chi connectivity index (χ4v) is 5.50. The third kappa shape index (κ3) is 6.91. The number of nitrogens with zero attached hydrogens (tertiary/aromatic N) is 4. The second-order valence-corrected chi connectivity index (χ2v) is 11.0. The van der Waals surface area contributed by atoms with Gasteiger partial charge in [-0.1, -0.05) is 29.3 Å². The summed E-state index contributed by atoms with van der Waals surface area (Å²) >= 11 is 5.98.